The normalized spacial score (nSPS) is 11.1. The van der Waals surface area contributed by atoms with Crippen LogP contribution in [-0.4, -0.2) is 28.8 Å². The van der Waals surface area contributed by atoms with Gasteiger partial charge >= 0.3 is 0 Å². The van der Waals surface area contributed by atoms with Crippen LogP contribution in [0.2, 0.25) is 5.02 Å². The first-order valence-corrected chi connectivity index (χ1v) is 8.60. The lowest BCUT2D eigenvalue weighted by Gasteiger charge is -2.16. The van der Waals surface area contributed by atoms with Crippen molar-refractivity contribution in [1.82, 2.24) is 14.7 Å². The Morgan fingerprint density at radius 3 is 2.77 bits per heavy atom. The number of methoxy groups -OCH3 is 1. The molecule has 5 nitrogen and oxygen atoms in total. The van der Waals surface area contributed by atoms with Gasteiger partial charge in [0.2, 0.25) is 5.89 Å². The molecule has 0 amide bonds. The van der Waals surface area contributed by atoms with Gasteiger partial charge in [0.15, 0.2) is 11.6 Å². The summed E-state index contributed by atoms with van der Waals surface area (Å²) in [5.74, 6) is 0.196. The maximum absolute atomic E-state index is 13.8. The van der Waals surface area contributed by atoms with Crippen molar-refractivity contribution in [1.29, 1.82) is 0 Å². The van der Waals surface area contributed by atoms with Crippen molar-refractivity contribution in [3.05, 3.63) is 63.7 Å². The Balaban J connectivity index is 1.74. The van der Waals surface area contributed by atoms with E-state index in [1.165, 1.54) is 13.2 Å². The summed E-state index contributed by atoms with van der Waals surface area (Å²) in [5.41, 5.74) is 1.49. The lowest BCUT2D eigenvalue weighted by atomic mass is 10.2. The van der Waals surface area contributed by atoms with Crippen LogP contribution in [0.3, 0.4) is 0 Å². The van der Waals surface area contributed by atoms with Gasteiger partial charge in [-0.15, -0.1) is 5.10 Å². The molecule has 0 fully saturated rings. The summed E-state index contributed by atoms with van der Waals surface area (Å²) >= 11 is 11.4. The molecule has 0 radical (unpaired) electrons. The van der Waals surface area contributed by atoms with E-state index in [1.807, 2.05) is 36.2 Å². The number of nitrogens with zero attached hydrogens (tertiary/aromatic N) is 3. The van der Waals surface area contributed by atoms with Crippen molar-refractivity contribution in [3.63, 3.8) is 0 Å². The Bertz CT molecular complexity index is 973. The predicted molar refractivity (Wildman–Crippen MR) is 100 cm³/mol. The second-order valence-electron chi connectivity index (χ2n) is 5.78. The van der Waals surface area contributed by atoms with Gasteiger partial charge in [0, 0.05) is 6.54 Å². The predicted octanol–water partition coefficient (Wildman–Crippen LogP) is 4.76. The smallest absolute Gasteiger partial charge is 0.288 e. The van der Waals surface area contributed by atoms with E-state index in [2.05, 4.69) is 5.10 Å². The van der Waals surface area contributed by atoms with Crippen molar-refractivity contribution in [2.45, 2.75) is 13.2 Å². The van der Waals surface area contributed by atoms with Gasteiger partial charge in [0.05, 0.1) is 24.4 Å². The molecule has 1 aromatic heterocycles. The monoisotopic (exact) mass is 393 g/mol. The van der Waals surface area contributed by atoms with E-state index in [0.29, 0.717) is 29.7 Å². The first-order valence-electron chi connectivity index (χ1n) is 7.81. The van der Waals surface area contributed by atoms with Crippen LogP contribution >= 0.6 is 23.8 Å². The molecule has 1 heterocycles. The van der Waals surface area contributed by atoms with Crippen LogP contribution in [-0.2, 0) is 13.2 Å². The minimum Gasteiger partial charge on any atom is -0.494 e. The van der Waals surface area contributed by atoms with E-state index in [4.69, 9.17) is 33.0 Å². The molecule has 136 valence electrons. The molecule has 0 unspecified atom stereocenters. The van der Waals surface area contributed by atoms with Gasteiger partial charge in [-0.3, -0.25) is 4.90 Å². The topological polar surface area (TPSA) is 43.4 Å². The number of benzene rings is 2. The van der Waals surface area contributed by atoms with E-state index >= 15 is 0 Å². The molecule has 0 saturated heterocycles. The Hall–Kier alpha value is -2.22. The van der Waals surface area contributed by atoms with Gasteiger partial charge < -0.3 is 9.15 Å². The zero-order valence-corrected chi connectivity index (χ0v) is 15.9. The Labute approximate surface area is 160 Å². The fraction of sp³-hybridized carbons (Fsp3) is 0.222. The number of aromatic nitrogens is 2. The number of rotatable bonds is 6. The zero-order valence-electron chi connectivity index (χ0n) is 14.3. The minimum absolute atomic E-state index is 0.222. The van der Waals surface area contributed by atoms with Crippen LogP contribution < -0.4 is 4.74 Å². The van der Waals surface area contributed by atoms with Crippen LogP contribution in [0.25, 0.3) is 11.5 Å². The highest BCUT2D eigenvalue weighted by Crippen LogP contribution is 2.26. The molecule has 0 N–H and O–H groups in total. The van der Waals surface area contributed by atoms with E-state index in [9.17, 15) is 4.39 Å². The maximum atomic E-state index is 13.8. The van der Waals surface area contributed by atoms with Gasteiger partial charge in [0.1, 0.15) is 0 Å². The Kier molecular flexibility index (Phi) is 5.70. The van der Waals surface area contributed by atoms with Crippen LogP contribution in [0.15, 0.2) is 46.9 Å². The highest BCUT2D eigenvalue weighted by Gasteiger charge is 2.13. The lowest BCUT2D eigenvalue weighted by molar-refractivity contribution is 0.240. The van der Waals surface area contributed by atoms with Crippen LogP contribution in [0, 0.1) is 10.7 Å². The van der Waals surface area contributed by atoms with E-state index in [-0.39, 0.29) is 10.6 Å². The zero-order chi connectivity index (χ0) is 18.7. The average molecular weight is 394 g/mol. The van der Waals surface area contributed by atoms with Gasteiger partial charge in [-0.05, 0) is 49.1 Å². The molecule has 0 aliphatic heterocycles. The summed E-state index contributed by atoms with van der Waals surface area (Å²) in [4.78, 5) is 2.18. The van der Waals surface area contributed by atoms with Gasteiger partial charge in [0.25, 0.3) is 4.84 Å². The van der Waals surface area contributed by atoms with E-state index in [0.717, 1.165) is 5.56 Å². The molecule has 3 rings (SSSR count). The second kappa shape index (κ2) is 7.99. The summed E-state index contributed by atoms with van der Waals surface area (Å²) in [7, 11) is 3.32. The molecule has 3 aromatic rings. The molecule has 0 aliphatic rings. The van der Waals surface area contributed by atoms with Crippen molar-refractivity contribution >= 4 is 23.8 Å². The highest BCUT2D eigenvalue weighted by atomic mass is 35.5. The molecule has 0 saturated carbocycles. The standard InChI is InChI=1S/C18H17ClFN3O2S/c1-22(10-12-7-8-16(24-2)15(20)9-12)11-23-18(26)25-17(21-23)13-5-3-4-6-14(13)19/h3-9H,10-11H2,1-2H3. The van der Waals surface area contributed by atoms with E-state index in [1.54, 1.807) is 16.8 Å². The van der Waals surface area contributed by atoms with Crippen molar-refractivity contribution < 1.29 is 13.5 Å². The van der Waals surface area contributed by atoms with Gasteiger partial charge in [-0.2, -0.15) is 0 Å². The number of hydrogen-bond donors (Lipinski definition) is 0. The minimum atomic E-state index is -0.391. The second-order valence-corrected chi connectivity index (χ2v) is 6.53. The molecule has 0 spiro atoms. The molecule has 0 bridgehead atoms. The Morgan fingerprint density at radius 1 is 1.31 bits per heavy atom. The molecular weight excluding hydrogens is 377 g/mol. The number of halogens is 2. The van der Waals surface area contributed by atoms with Crippen LogP contribution in [0.5, 0.6) is 5.75 Å². The SMILES string of the molecule is COc1ccc(CN(C)Cn2nc(-c3ccccc3Cl)oc2=S)cc1F. The van der Waals surface area contributed by atoms with Crippen molar-refractivity contribution in [2.24, 2.45) is 0 Å². The summed E-state index contributed by atoms with van der Waals surface area (Å²) in [5, 5.41) is 4.93. The largest absolute Gasteiger partial charge is 0.494 e. The number of hydrogen-bond acceptors (Lipinski definition) is 5. The fourth-order valence-corrected chi connectivity index (χ4v) is 2.93. The molecule has 0 aliphatic carbocycles. The summed E-state index contributed by atoms with van der Waals surface area (Å²) in [6.45, 7) is 0.900. The van der Waals surface area contributed by atoms with Gasteiger partial charge in [-0.1, -0.05) is 29.8 Å². The lowest BCUT2D eigenvalue weighted by Crippen LogP contribution is -2.22. The van der Waals surface area contributed by atoms with Crippen molar-refractivity contribution in [3.8, 4) is 17.2 Å². The average Bonchev–Trinajstić information content (AvgIpc) is 2.95. The van der Waals surface area contributed by atoms with Gasteiger partial charge in [-0.25, -0.2) is 9.07 Å². The molecular formula is C18H17ClFN3O2S. The van der Waals surface area contributed by atoms with Crippen LogP contribution in [0.4, 0.5) is 4.39 Å². The molecule has 8 heteroatoms. The van der Waals surface area contributed by atoms with Crippen LogP contribution in [0.1, 0.15) is 5.56 Å². The molecule has 0 atom stereocenters. The number of ether oxygens (including phenoxy) is 1. The fourth-order valence-electron chi connectivity index (χ4n) is 2.54. The highest BCUT2D eigenvalue weighted by molar-refractivity contribution is 7.71. The quantitative estimate of drug-likeness (QED) is 0.565. The van der Waals surface area contributed by atoms with E-state index < -0.39 is 5.82 Å². The third kappa shape index (κ3) is 4.12. The summed E-state index contributed by atoms with van der Waals surface area (Å²) in [6.07, 6.45) is 0. The molecule has 2 aromatic carbocycles. The Morgan fingerprint density at radius 2 is 2.08 bits per heavy atom. The third-order valence-electron chi connectivity index (χ3n) is 3.75. The first-order chi connectivity index (χ1) is 12.5. The first kappa shape index (κ1) is 18.6. The molecule has 26 heavy (non-hydrogen) atoms. The van der Waals surface area contributed by atoms with Crippen molar-refractivity contribution in [2.75, 3.05) is 14.2 Å². The maximum Gasteiger partial charge on any atom is 0.288 e. The third-order valence-corrected chi connectivity index (χ3v) is 4.38. The summed E-state index contributed by atoms with van der Waals surface area (Å²) in [6, 6.07) is 12.1. The summed E-state index contributed by atoms with van der Waals surface area (Å²) < 4.78 is 25.9.